The molecule has 0 spiro atoms. The molecule has 150 valence electrons. The van der Waals surface area contributed by atoms with Gasteiger partial charge in [0.05, 0.1) is 24.8 Å². The minimum absolute atomic E-state index is 0.211. The number of hydrazine groups is 1. The lowest BCUT2D eigenvalue weighted by Gasteiger charge is -2.25. The number of hydrogen-bond acceptors (Lipinski definition) is 6. The lowest BCUT2D eigenvalue weighted by atomic mass is 9.94. The third kappa shape index (κ3) is 4.88. The van der Waals surface area contributed by atoms with Crippen molar-refractivity contribution in [1.82, 2.24) is 15.8 Å². The Morgan fingerprint density at radius 3 is 2.61 bits per heavy atom. The van der Waals surface area contributed by atoms with Gasteiger partial charge in [0.15, 0.2) is 5.13 Å². The maximum Gasteiger partial charge on any atom is 0.281 e. The zero-order chi connectivity index (χ0) is 19.9. The van der Waals surface area contributed by atoms with Crippen LogP contribution in [-0.2, 0) is 9.53 Å². The predicted octanol–water partition coefficient (Wildman–Crippen LogP) is 2.63. The van der Waals surface area contributed by atoms with Gasteiger partial charge in [0, 0.05) is 13.1 Å². The second kappa shape index (κ2) is 9.66. The molecule has 1 fully saturated rings. The number of anilines is 1. The second-order valence-electron chi connectivity index (χ2n) is 6.71. The quantitative estimate of drug-likeness (QED) is 0.726. The summed E-state index contributed by atoms with van der Waals surface area (Å²) in [5.74, 6) is -0.846. The number of carbonyl (C=O) groups is 2. The summed E-state index contributed by atoms with van der Waals surface area (Å²) >= 11 is 1.34. The van der Waals surface area contributed by atoms with E-state index in [1.807, 2.05) is 37.3 Å². The van der Waals surface area contributed by atoms with Crippen molar-refractivity contribution >= 4 is 28.3 Å². The molecule has 1 aromatic carbocycles. The van der Waals surface area contributed by atoms with Crippen molar-refractivity contribution in [3.8, 4) is 0 Å². The number of aromatic nitrogens is 1. The van der Waals surface area contributed by atoms with Crippen LogP contribution < -0.4 is 15.8 Å². The summed E-state index contributed by atoms with van der Waals surface area (Å²) in [6.45, 7) is 6.70. The van der Waals surface area contributed by atoms with E-state index < -0.39 is 0 Å². The molecule has 1 aliphatic heterocycles. The van der Waals surface area contributed by atoms with Crippen molar-refractivity contribution in [2.75, 3.05) is 31.2 Å². The summed E-state index contributed by atoms with van der Waals surface area (Å²) in [4.78, 5) is 32.4. The number of ether oxygens (including phenoxy) is 1. The Bertz CT molecular complexity index is 803. The fraction of sp³-hybridized carbons (Fsp3) is 0.450. The van der Waals surface area contributed by atoms with Gasteiger partial charge in [-0.2, -0.15) is 0 Å². The number of aryl methyl sites for hydroxylation is 1. The molecule has 1 aliphatic rings. The fourth-order valence-electron chi connectivity index (χ4n) is 3.17. The van der Waals surface area contributed by atoms with E-state index in [0.717, 1.165) is 30.2 Å². The first kappa shape index (κ1) is 20.3. The van der Waals surface area contributed by atoms with Crippen molar-refractivity contribution in [2.45, 2.75) is 32.6 Å². The topological polar surface area (TPSA) is 83.6 Å². The highest BCUT2D eigenvalue weighted by Gasteiger charge is 2.23. The van der Waals surface area contributed by atoms with E-state index in [2.05, 4.69) is 20.7 Å². The van der Waals surface area contributed by atoms with E-state index in [9.17, 15) is 9.59 Å². The largest absolute Gasteiger partial charge is 0.378 e. The Hall–Kier alpha value is -2.45. The Kier molecular flexibility index (Phi) is 7.00. The number of amides is 2. The van der Waals surface area contributed by atoms with Gasteiger partial charge in [0.25, 0.3) is 5.91 Å². The predicted molar refractivity (Wildman–Crippen MR) is 110 cm³/mol. The molecule has 0 saturated carbocycles. The minimum atomic E-state index is -0.342. The molecule has 1 atom stereocenters. The number of thiazole rings is 1. The average molecular weight is 403 g/mol. The molecule has 1 unspecified atom stereocenters. The summed E-state index contributed by atoms with van der Waals surface area (Å²) in [7, 11) is 0. The monoisotopic (exact) mass is 402 g/mol. The number of nitrogens with one attached hydrogen (secondary N) is 2. The van der Waals surface area contributed by atoms with E-state index in [1.165, 1.54) is 11.3 Å². The van der Waals surface area contributed by atoms with Crippen LogP contribution in [0.1, 0.15) is 46.6 Å². The van der Waals surface area contributed by atoms with Crippen molar-refractivity contribution in [1.29, 1.82) is 0 Å². The van der Waals surface area contributed by atoms with E-state index in [4.69, 9.17) is 4.74 Å². The molecule has 3 rings (SSSR count). The van der Waals surface area contributed by atoms with E-state index in [0.29, 0.717) is 30.2 Å². The van der Waals surface area contributed by atoms with Gasteiger partial charge in [0.2, 0.25) is 5.91 Å². The smallest absolute Gasteiger partial charge is 0.281 e. The molecule has 28 heavy (non-hydrogen) atoms. The third-order valence-corrected chi connectivity index (χ3v) is 5.89. The zero-order valence-electron chi connectivity index (χ0n) is 16.2. The summed E-state index contributed by atoms with van der Waals surface area (Å²) in [6.07, 6.45) is 1.59. The molecule has 2 N–H and O–H groups in total. The first-order valence-corrected chi connectivity index (χ1v) is 10.4. The molecule has 8 heteroatoms. The number of carbonyl (C=O) groups excluding carboxylic acids is 2. The average Bonchev–Trinajstić information content (AvgIpc) is 3.13. The molecule has 0 aliphatic carbocycles. The number of nitrogens with zero attached hydrogens (tertiary/aromatic N) is 2. The first-order chi connectivity index (χ1) is 13.6. The van der Waals surface area contributed by atoms with Crippen molar-refractivity contribution in [3.05, 3.63) is 46.5 Å². The highest BCUT2D eigenvalue weighted by atomic mass is 32.1. The van der Waals surface area contributed by atoms with Crippen LogP contribution in [0.3, 0.4) is 0 Å². The molecule has 2 heterocycles. The molecule has 1 saturated heterocycles. The Morgan fingerprint density at radius 2 is 1.93 bits per heavy atom. The molecule has 1 aromatic heterocycles. The summed E-state index contributed by atoms with van der Waals surface area (Å²) in [5, 5.41) is 0.811. The van der Waals surface area contributed by atoms with Gasteiger partial charge in [-0.15, -0.1) is 0 Å². The number of morpholine rings is 1. The SMILES string of the molecule is CCCC(C(=O)NNC(=O)c1sc(N2CCOCC2)nc1C)c1ccccc1. The Balaban J connectivity index is 1.63. The van der Waals surface area contributed by atoms with Crippen LogP contribution in [0.15, 0.2) is 30.3 Å². The van der Waals surface area contributed by atoms with Gasteiger partial charge in [-0.1, -0.05) is 55.0 Å². The maximum absolute atomic E-state index is 12.6. The molecule has 2 amide bonds. The van der Waals surface area contributed by atoms with Crippen molar-refractivity contribution < 1.29 is 14.3 Å². The Morgan fingerprint density at radius 1 is 1.21 bits per heavy atom. The van der Waals surface area contributed by atoms with Crippen LogP contribution in [0.2, 0.25) is 0 Å². The summed E-state index contributed by atoms with van der Waals surface area (Å²) in [5.41, 5.74) is 6.74. The third-order valence-electron chi connectivity index (χ3n) is 4.67. The lowest BCUT2D eigenvalue weighted by molar-refractivity contribution is -0.123. The van der Waals surface area contributed by atoms with Crippen LogP contribution >= 0.6 is 11.3 Å². The van der Waals surface area contributed by atoms with Crippen molar-refractivity contribution in [3.63, 3.8) is 0 Å². The maximum atomic E-state index is 12.6. The molecule has 0 radical (unpaired) electrons. The number of rotatable bonds is 6. The van der Waals surface area contributed by atoms with Crippen molar-refractivity contribution in [2.24, 2.45) is 0 Å². The number of benzene rings is 1. The Labute approximate surface area is 169 Å². The standard InChI is InChI=1S/C20H26N4O3S/c1-3-7-16(15-8-5-4-6-9-15)18(25)22-23-19(26)17-14(2)21-20(28-17)24-10-12-27-13-11-24/h4-6,8-9,16H,3,7,10-13H2,1-2H3,(H,22,25)(H,23,26). The molecular weight excluding hydrogens is 376 g/mol. The zero-order valence-corrected chi connectivity index (χ0v) is 17.1. The fourth-order valence-corrected chi connectivity index (χ4v) is 4.18. The molecule has 0 bridgehead atoms. The summed E-state index contributed by atoms with van der Waals surface area (Å²) < 4.78 is 5.36. The molecule has 2 aromatic rings. The van der Waals surface area contributed by atoms with Gasteiger partial charge < -0.3 is 9.64 Å². The van der Waals surface area contributed by atoms with Crippen LogP contribution in [-0.4, -0.2) is 43.1 Å². The van der Waals surface area contributed by atoms with Crippen LogP contribution in [0, 0.1) is 6.92 Å². The van der Waals surface area contributed by atoms with Gasteiger partial charge in [-0.3, -0.25) is 20.4 Å². The van der Waals surface area contributed by atoms with Gasteiger partial charge in [0.1, 0.15) is 4.88 Å². The highest BCUT2D eigenvalue weighted by Crippen LogP contribution is 2.26. The van der Waals surface area contributed by atoms with Crippen LogP contribution in [0.25, 0.3) is 0 Å². The minimum Gasteiger partial charge on any atom is -0.378 e. The number of hydrogen-bond donors (Lipinski definition) is 2. The summed E-state index contributed by atoms with van der Waals surface area (Å²) in [6, 6.07) is 9.62. The van der Waals surface area contributed by atoms with Gasteiger partial charge in [-0.25, -0.2) is 4.98 Å². The van der Waals surface area contributed by atoms with Gasteiger partial charge >= 0.3 is 0 Å². The second-order valence-corrected chi connectivity index (χ2v) is 7.68. The molecular formula is C20H26N4O3S. The van der Waals surface area contributed by atoms with Gasteiger partial charge in [-0.05, 0) is 18.9 Å². The van der Waals surface area contributed by atoms with E-state index in [1.54, 1.807) is 6.92 Å². The van der Waals surface area contributed by atoms with Crippen LogP contribution in [0.4, 0.5) is 5.13 Å². The molecule has 7 nitrogen and oxygen atoms in total. The van der Waals surface area contributed by atoms with Crippen LogP contribution in [0.5, 0.6) is 0 Å². The van der Waals surface area contributed by atoms with E-state index in [-0.39, 0.29) is 17.7 Å². The highest BCUT2D eigenvalue weighted by molar-refractivity contribution is 7.17. The van der Waals surface area contributed by atoms with E-state index >= 15 is 0 Å². The lowest BCUT2D eigenvalue weighted by Crippen LogP contribution is -2.43. The first-order valence-electron chi connectivity index (χ1n) is 9.55. The normalized spacial score (nSPS) is 15.1.